The maximum absolute atomic E-state index is 10.8. The number of esters is 1. The van der Waals surface area contributed by atoms with Crippen LogP contribution >= 0.6 is 0 Å². The SMILES string of the molecule is C=C(C)C(=O)OCCN(C)C.C=CC#N. The van der Waals surface area contributed by atoms with Gasteiger partial charge in [0.15, 0.2) is 0 Å². The van der Waals surface area contributed by atoms with Gasteiger partial charge in [-0.3, -0.25) is 0 Å². The second kappa shape index (κ2) is 10.5. The molecule has 0 aromatic heterocycles. The number of carbonyl (C=O) groups excluding carboxylic acids is 1. The molecule has 0 aliphatic rings. The van der Waals surface area contributed by atoms with Crippen LogP contribution in [-0.2, 0) is 9.53 Å². The van der Waals surface area contributed by atoms with Crippen LogP contribution in [0.15, 0.2) is 24.8 Å². The van der Waals surface area contributed by atoms with Gasteiger partial charge in [0.25, 0.3) is 0 Å². The molecule has 0 amide bonds. The van der Waals surface area contributed by atoms with Crippen molar-refractivity contribution in [2.45, 2.75) is 6.92 Å². The fraction of sp³-hybridized carbons (Fsp3) is 0.455. The molecular weight excluding hydrogens is 192 g/mol. The Hall–Kier alpha value is -1.60. The third-order valence-corrected chi connectivity index (χ3v) is 1.21. The van der Waals surface area contributed by atoms with Gasteiger partial charge in [0, 0.05) is 18.2 Å². The summed E-state index contributed by atoms with van der Waals surface area (Å²) in [5.41, 5.74) is 0.448. The molecule has 0 spiro atoms. The number of nitrogens with zero attached hydrogens (tertiary/aromatic N) is 2. The van der Waals surface area contributed by atoms with Crippen LogP contribution in [0.1, 0.15) is 6.92 Å². The molecule has 0 atom stereocenters. The molecule has 0 heterocycles. The first-order valence-electron chi connectivity index (χ1n) is 4.43. The van der Waals surface area contributed by atoms with E-state index in [0.717, 1.165) is 6.54 Å². The Morgan fingerprint density at radius 2 is 2.07 bits per heavy atom. The quantitative estimate of drug-likeness (QED) is 0.399. The van der Waals surface area contributed by atoms with Crippen molar-refractivity contribution in [1.29, 1.82) is 5.26 Å². The standard InChI is InChI=1S/C8H15NO2.C3H3N/c1-7(2)8(10)11-6-5-9(3)4;1-2-3-4/h1,5-6H2,2-4H3;2H,1H2. The monoisotopic (exact) mass is 210 g/mol. The van der Waals surface area contributed by atoms with Crippen molar-refractivity contribution < 1.29 is 9.53 Å². The molecule has 0 rings (SSSR count). The van der Waals surface area contributed by atoms with E-state index in [1.54, 1.807) is 13.0 Å². The van der Waals surface area contributed by atoms with Crippen LogP contribution in [-0.4, -0.2) is 38.1 Å². The van der Waals surface area contributed by atoms with E-state index in [-0.39, 0.29) is 5.97 Å². The summed E-state index contributed by atoms with van der Waals surface area (Å²) in [6.45, 7) is 9.40. The predicted molar refractivity (Wildman–Crippen MR) is 60.1 cm³/mol. The number of ether oxygens (including phenoxy) is 1. The summed E-state index contributed by atoms with van der Waals surface area (Å²) in [4.78, 5) is 12.7. The van der Waals surface area contributed by atoms with Gasteiger partial charge in [0.2, 0.25) is 0 Å². The molecule has 0 bridgehead atoms. The molecule has 4 nitrogen and oxygen atoms in total. The highest BCUT2D eigenvalue weighted by Gasteiger charge is 2.01. The third kappa shape index (κ3) is 15.2. The van der Waals surface area contributed by atoms with Gasteiger partial charge in [-0.05, 0) is 21.0 Å². The van der Waals surface area contributed by atoms with Gasteiger partial charge < -0.3 is 9.64 Å². The highest BCUT2D eigenvalue weighted by atomic mass is 16.5. The lowest BCUT2D eigenvalue weighted by Gasteiger charge is -2.09. The predicted octanol–water partition coefficient (Wildman–Crippen LogP) is 1.36. The van der Waals surface area contributed by atoms with Crippen molar-refractivity contribution in [3.05, 3.63) is 24.8 Å². The molecule has 0 aromatic carbocycles. The lowest BCUT2D eigenvalue weighted by Crippen LogP contribution is -2.20. The Bertz CT molecular complexity index is 252. The molecule has 0 saturated carbocycles. The highest BCUT2D eigenvalue weighted by molar-refractivity contribution is 5.86. The smallest absolute Gasteiger partial charge is 0.333 e. The minimum Gasteiger partial charge on any atom is -0.461 e. The maximum atomic E-state index is 10.8. The zero-order chi connectivity index (χ0) is 12.3. The van der Waals surface area contributed by atoms with E-state index in [4.69, 9.17) is 10.00 Å². The number of allylic oxidation sites excluding steroid dienone is 1. The van der Waals surface area contributed by atoms with Crippen LogP contribution in [0.4, 0.5) is 0 Å². The lowest BCUT2D eigenvalue weighted by molar-refractivity contribution is -0.139. The fourth-order valence-electron chi connectivity index (χ4n) is 0.444. The van der Waals surface area contributed by atoms with E-state index in [1.165, 1.54) is 6.08 Å². The van der Waals surface area contributed by atoms with E-state index in [1.807, 2.05) is 19.0 Å². The molecule has 0 aliphatic heterocycles. The Morgan fingerprint density at radius 1 is 1.60 bits per heavy atom. The summed E-state index contributed by atoms with van der Waals surface area (Å²) >= 11 is 0. The Labute approximate surface area is 91.4 Å². The Balaban J connectivity index is 0. The number of likely N-dealkylation sites (N-methyl/N-ethyl adjacent to an activating group) is 1. The fourth-order valence-corrected chi connectivity index (χ4v) is 0.444. The molecule has 0 saturated heterocycles. The average Bonchev–Trinajstić information content (AvgIpc) is 2.17. The second-order valence-corrected chi connectivity index (χ2v) is 3.05. The normalized spacial score (nSPS) is 8.20. The summed E-state index contributed by atoms with van der Waals surface area (Å²) < 4.78 is 4.83. The number of hydrogen-bond acceptors (Lipinski definition) is 4. The molecule has 0 radical (unpaired) electrons. The molecule has 0 aromatic rings. The van der Waals surface area contributed by atoms with Crippen molar-refractivity contribution in [2.24, 2.45) is 0 Å². The first-order chi connectivity index (χ1) is 6.95. The second-order valence-electron chi connectivity index (χ2n) is 3.05. The summed E-state index contributed by atoms with van der Waals surface area (Å²) in [7, 11) is 3.85. The Kier molecular flexibility index (Phi) is 11.1. The van der Waals surface area contributed by atoms with Gasteiger partial charge in [-0.1, -0.05) is 13.2 Å². The molecular formula is C11H18N2O2. The largest absolute Gasteiger partial charge is 0.461 e. The first-order valence-corrected chi connectivity index (χ1v) is 4.43. The summed E-state index contributed by atoms with van der Waals surface area (Å²) in [6, 6.07) is 1.69. The van der Waals surface area contributed by atoms with Crippen LogP contribution in [0.25, 0.3) is 0 Å². The lowest BCUT2D eigenvalue weighted by atomic mass is 10.4. The van der Waals surface area contributed by atoms with Crippen LogP contribution < -0.4 is 0 Å². The Morgan fingerprint density at radius 3 is 2.33 bits per heavy atom. The van der Waals surface area contributed by atoms with Crippen molar-refractivity contribution in [3.8, 4) is 6.07 Å². The van der Waals surface area contributed by atoms with Gasteiger partial charge in [-0.2, -0.15) is 5.26 Å². The molecule has 4 heteroatoms. The minimum absolute atomic E-state index is 0.313. The van der Waals surface area contributed by atoms with Crippen LogP contribution in [0, 0.1) is 11.3 Å². The number of hydrogen-bond donors (Lipinski definition) is 0. The van der Waals surface area contributed by atoms with Crippen molar-refractivity contribution >= 4 is 5.97 Å². The molecule has 0 fully saturated rings. The highest BCUT2D eigenvalue weighted by Crippen LogP contribution is 1.91. The maximum Gasteiger partial charge on any atom is 0.333 e. The van der Waals surface area contributed by atoms with Crippen molar-refractivity contribution in [3.63, 3.8) is 0 Å². The zero-order valence-corrected chi connectivity index (χ0v) is 9.62. The van der Waals surface area contributed by atoms with Crippen LogP contribution in [0.2, 0.25) is 0 Å². The molecule has 84 valence electrons. The van der Waals surface area contributed by atoms with Crippen molar-refractivity contribution in [1.82, 2.24) is 4.90 Å². The molecule has 15 heavy (non-hydrogen) atoms. The van der Waals surface area contributed by atoms with Gasteiger partial charge in [-0.15, -0.1) is 0 Å². The minimum atomic E-state index is -0.313. The van der Waals surface area contributed by atoms with Crippen LogP contribution in [0.5, 0.6) is 0 Å². The first kappa shape index (κ1) is 15.9. The zero-order valence-electron chi connectivity index (χ0n) is 9.62. The van der Waals surface area contributed by atoms with Crippen molar-refractivity contribution in [2.75, 3.05) is 27.2 Å². The third-order valence-electron chi connectivity index (χ3n) is 1.21. The van der Waals surface area contributed by atoms with Gasteiger partial charge in [0.1, 0.15) is 6.61 Å². The molecule has 0 N–H and O–H groups in total. The topological polar surface area (TPSA) is 53.3 Å². The average molecular weight is 210 g/mol. The summed E-state index contributed by atoms with van der Waals surface area (Å²) in [5.74, 6) is -0.313. The van der Waals surface area contributed by atoms with E-state index in [0.29, 0.717) is 12.2 Å². The van der Waals surface area contributed by atoms with Gasteiger partial charge in [-0.25, -0.2) is 4.79 Å². The van der Waals surface area contributed by atoms with Gasteiger partial charge >= 0.3 is 5.97 Å². The molecule has 0 aliphatic carbocycles. The van der Waals surface area contributed by atoms with E-state index >= 15 is 0 Å². The van der Waals surface area contributed by atoms with Crippen LogP contribution in [0.3, 0.4) is 0 Å². The number of rotatable bonds is 4. The van der Waals surface area contributed by atoms with Gasteiger partial charge in [0.05, 0.1) is 6.07 Å². The molecule has 0 unspecified atom stereocenters. The van der Waals surface area contributed by atoms with E-state index in [9.17, 15) is 4.79 Å². The van der Waals surface area contributed by atoms with E-state index in [2.05, 4.69) is 13.2 Å². The number of nitriles is 1. The van der Waals surface area contributed by atoms with E-state index < -0.39 is 0 Å². The summed E-state index contributed by atoms with van der Waals surface area (Å²) in [6.07, 6.45) is 1.18. The number of carbonyl (C=O) groups is 1. The summed E-state index contributed by atoms with van der Waals surface area (Å²) in [5, 5.41) is 7.51.